The van der Waals surface area contributed by atoms with Crippen LogP contribution < -0.4 is 10.3 Å². The molecule has 26 heavy (non-hydrogen) atoms. The lowest BCUT2D eigenvalue weighted by molar-refractivity contribution is -0.146. The normalized spacial score (nSPS) is 22.3. The average molecular weight is 373 g/mol. The van der Waals surface area contributed by atoms with Gasteiger partial charge in [0.2, 0.25) is 0 Å². The number of esters is 1. The van der Waals surface area contributed by atoms with E-state index in [4.69, 9.17) is 9.47 Å². The molecule has 138 valence electrons. The molecule has 2 unspecified atom stereocenters. The summed E-state index contributed by atoms with van der Waals surface area (Å²) in [5.74, 6) is 1.23. The number of carbonyl (C=O) groups excluding carboxylic acids is 1. The van der Waals surface area contributed by atoms with Crippen LogP contribution in [-0.4, -0.2) is 17.0 Å². The number of hydrogen-bond acceptors (Lipinski definition) is 5. The Kier molecular flexibility index (Phi) is 4.18. The maximum atomic E-state index is 12.7. The second kappa shape index (κ2) is 6.27. The summed E-state index contributed by atoms with van der Waals surface area (Å²) in [7, 11) is 1.60. The summed E-state index contributed by atoms with van der Waals surface area (Å²) in [6.45, 7) is 4.53. The molecule has 1 aromatic heterocycles. The first-order valence-electron chi connectivity index (χ1n) is 8.94. The van der Waals surface area contributed by atoms with Crippen molar-refractivity contribution in [2.24, 2.45) is 5.41 Å². The summed E-state index contributed by atoms with van der Waals surface area (Å²) < 4.78 is 12.1. The molecule has 0 N–H and O–H groups in total. The smallest absolute Gasteiger partial charge is 0.312 e. The molecular weight excluding hydrogens is 350 g/mol. The summed E-state index contributed by atoms with van der Waals surface area (Å²) in [6, 6.07) is 7.31. The van der Waals surface area contributed by atoms with Crippen molar-refractivity contribution in [3.8, 4) is 5.75 Å². The van der Waals surface area contributed by atoms with Gasteiger partial charge in [0.05, 0.1) is 13.5 Å². The monoisotopic (exact) mass is 373 g/mol. The minimum absolute atomic E-state index is 0.00531. The Balaban J connectivity index is 1.42. The largest absolute Gasteiger partial charge is 0.497 e. The molecule has 4 rings (SSSR count). The van der Waals surface area contributed by atoms with Gasteiger partial charge in [-0.15, -0.1) is 0 Å². The van der Waals surface area contributed by atoms with Crippen molar-refractivity contribution in [3.63, 3.8) is 0 Å². The number of benzene rings is 1. The highest BCUT2D eigenvalue weighted by molar-refractivity contribution is 7.06. The van der Waals surface area contributed by atoms with Gasteiger partial charge in [-0.25, -0.2) is 3.96 Å². The standard InChI is InChI=1S/C20H23NO4S/c1-20(2)14-8-9-15(20)18-17(14)19(23)21(26-18)11-25-16(22)10-12-4-6-13(24-3)7-5-12/h4-7,14-15H,8-11H2,1-3H3. The fraction of sp³-hybridized carbons (Fsp3) is 0.500. The molecule has 1 aromatic carbocycles. The van der Waals surface area contributed by atoms with Gasteiger partial charge in [-0.2, -0.15) is 0 Å². The molecule has 0 spiro atoms. The first-order valence-corrected chi connectivity index (χ1v) is 9.71. The van der Waals surface area contributed by atoms with Crippen LogP contribution in [-0.2, 0) is 22.7 Å². The van der Waals surface area contributed by atoms with Crippen molar-refractivity contribution >= 4 is 17.5 Å². The number of methoxy groups -OCH3 is 1. The Morgan fingerprint density at radius 3 is 2.58 bits per heavy atom. The molecule has 0 amide bonds. The molecule has 1 saturated carbocycles. The summed E-state index contributed by atoms with van der Waals surface area (Å²) in [6.07, 6.45) is 2.43. The number of rotatable bonds is 5. The van der Waals surface area contributed by atoms with E-state index in [9.17, 15) is 9.59 Å². The lowest BCUT2D eigenvalue weighted by Gasteiger charge is -2.24. The van der Waals surface area contributed by atoms with Crippen molar-refractivity contribution in [3.05, 3.63) is 50.6 Å². The molecule has 6 heteroatoms. The fourth-order valence-electron chi connectivity index (χ4n) is 4.50. The average Bonchev–Trinajstić information content (AvgIpc) is 3.18. The van der Waals surface area contributed by atoms with Gasteiger partial charge in [0.1, 0.15) is 5.75 Å². The molecule has 2 atom stereocenters. The fourth-order valence-corrected chi connectivity index (χ4v) is 5.90. The van der Waals surface area contributed by atoms with Crippen LogP contribution in [0.15, 0.2) is 29.1 Å². The molecule has 0 radical (unpaired) electrons. The summed E-state index contributed by atoms with van der Waals surface area (Å²) in [5, 5.41) is 0. The molecular formula is C20H23NO4S. The van der Waals surface area contributed by atoms with Crippen LogP contribution in [0.5, 0.6) is 5.75 Å². The Bertz CT molecular complexity index is 894. The Morgan fingerprint density at radius 1 is 1.23 bits per heavy atom. The van der Waals surface area contributed by atoms with E-state index in [1.807, 2.05) is 24.3 Å². The Hall–Kier alpha value is -2.08. The number of hydrogen-bond donors (Lipinski definition) is 0. The summed E-state index contributed by atoms with van der Waals surface area (Å²) >= 11 is 1.48. The first kappa shape index (κ1) is 17.3. The van der Waals surface area contributed by atoms with Gasteiger partial charge >= 0.3 is 5.97 Å². The van der Waals surface area contributed by atoms with Gasteiger partial charge in [0.15, 0.2) is 6.73 Å². The lowest BCUT2D eigenvalue weighted by atomic mass is 9.80. The van der Waals surface area contributed by atoms with Crippen LogP contribution in [0, 0.1) is 5.41 Å². The van der Waals surface area contributed by atoms with Crippen LogP contribution in [0.4, 0.5) is 0 Å². The highest BCUT2D eigenvalue weighted by Crippen LogP contribution is 2.64. The predicted octanol–water partition coefficient (Wildman–Crippen LogP) is 3.66. The van der Waals surface area contributed by atoms with E-state index in [2.05, 4.69) is 13.8 Å². The molecule has 5 nitrogen and oxygen atoms in total. The second-order valence-electron chi connectivity index (χ2n) is 7.73. The van der Waals surface area contributed by atoms with Crippen LogP contribution in [0.25, 0.3) is 0 Å². The highest BCUT2D eigenvalue weighted by Gasteiger charge is 2.54. The van der Waals surface area contributed by atoms with Crippen molar-refractivity contribution < 1.29 is 14.3 Å². The maximum Gasteiger partial charge on any atom is 0.312 e. The van der Waals surface area contributed by atoms with E-state index in [0.717, 1.165) is 29.7 Å². The quantitative estimate of drug-likeness (QED) is 0.751. The van der Waals surface area contributed by atoms with Crippen LogP contribution in [0.2, 0.25) is 0 Å². The molecule has 1 heterocycles. The minimum atomic E-state index is -0.334. The van der Waals surface area contributed by atoms with Crippen LogP contribution in [0.1, 0.15) is 54.5 Å². The molecule has 1 fully saturated rings. The lowest BCUT2D eigenvalue weighted by Crippen LogP contribution is -2.24. The van der Waals surface area contributed by atoms with Gasteiger partial charge < -0.3 is 9.47 Å². The zero-order valence-electron chi connectivity index (χ0n) is 15.3. The first-order chi connectivity index (χ1) is 12.4. The molecule has 0 saturated heterocycles. The zero-order valence-corrected chi connectivity index (χ0v) is 16.1. The van der Waals surface area contributed by atoms with E-state index in [0.29, 0.717) is 11.8 Å². The predicted molar refractivity (Wildman–Crippen MR) is 99.9 cm³/mol. The Morgan fingerprint density at radius 2 is 1.92 bits per heavy atom. The maximum absolute atomic E-state index is 12.7. The third-order valence-electron chi connectivity index (χ3n) is 5.99. The molecule has 2 bridgehead atoms. The van der Waals surface area contributed by atoms with Crippen molar-refractivity contribution in [1.29, 1.82) is 0 Å². The molecule has 2 aliphatic carbocycles. The second-order valence-corrected chi connectivity index (χ2v) is 8.79. The number of fused-ring (bicyclic) bond motifs is 5. The van der Waals surface area contributed by atoms with E-state index in [1.54, 1.807) is 11.1 Å². The third kappa shape index (κ3) is 2.67. The van der Waals surface area contributed by atoms with Gasteiger partial charge in [-0.1, -0.05) is 37.5 Å². The number of nitrogens with zero attached hydrogens (tertiary/aromatic N) is 1. The number of carbonyl (C=O) groups is 1. The summed E-state index contributed by atoms with van der Waals surface area (Å²) in [4.78, 5) is 26.1. The van der Waals surface area contributed by atoms with Gasteiger partial charge in [0, 0.05) is 16.4 Å². The number of ether oxygens (including phenoxy) is 2. The van der Waals surface area contributed by atoms with E-state index < -0.39 is 0 Å². The zero-order chi connectivity index (χ0) is 18.5. The van der Waals surface area contributed by atoms with Crippen molar-refractivity contribution in [1.82, 2.24) is 3.96 Å². The molecule has 2 aromatic rings. The van der Waals surface area contributed by atoms with E-state index in [-0.39, 0.29) is 30.1 Å². The molecule has 2 aliphatic rings. The van der Waals surface area contributed by atoms with Gasteiger partial charge in [0.25, 0.3) is 5.56 Å². The SMILES string of the molecule is COc1ccc(CC(=O)OCn2sc3c(c2=O)C2CCC3C2(C)C)cc1. The third-order valence-corrected chi connectivity index (χ3v) is 7.18. The van der Waals surface area contributed by atoms with Gasteiger partial charge in [-0.05, 0) is 41.9 Å². The molecule has 0 aliphatic heterocycles. The van der Waals surface area contributed by atoms with Gasteiger partial charge in [-0.3, -0.25) is 9.59 Å². The van der Waals surface area contributed by atoms with Crippen LogP contribution in [0.3, 0.4) is 0 Å². The Labute approximate surface area is 156 Å². The highest BCUT2D eigenvalue weighted by atomic mass is 32.1. The topological polar surface area (TPSA) is 57.5 Å². The summed E-state index contributed by atoms with van der Waals surface area (Å²) in [5.41, 5.74) is 2.05. The van der Waals surface area contributed by atoms with Crippen molar-refractivity contribution in [2.75, 3.05) is 7.11 Å². The van der Waals surface area contributed by atoms with E-state index >= 15 is 0 Å². The number of aromatic nitrogens is 1. The minimum Gasteiger partial charge on any atom is -0.497 e. The van der Waals surface area contributed by atoms with Crippen molar-refractivity contribution in [2.45, 2.75) is 51.7 Å². The van der Waals surface area contributed by atoms with E-state index in [1.165, 1.54) is 16.4 Å². The van der Waals surface area contributed by atoms with Crippen LogP contribution >= 0.6 is 11.5 Å².